The van der Waals surface area contributed by atoms with Gasteiger partial charge in [0.1, 0.15) is 0 Å². The Morgan fingerprint density at radius 1 is 0.821 bits per heavy atom. The fourth-order valence-electron chi connectivity index (χ4n) is 4.39. The molecule has 0 N–H and O–H groups in total. The number of Topliss-reactive ketones (excluding diaryl/α,β-unsaturated/α-hetero) is 2. The maximum atomic E-state index is 13.1. The summed E-state index contributed by atoms with van der Waals surface area (Å²) in [6.07, 6.45) is 2.51. The van der Waals surface area contributed by atoms with Crippen molar-refractivity contribution in [3.8, 4) is 0 Å². The molecule has 1 aliphatic heterocycles. The first-order valence-electron chi connectivity index (χ1n) is 9.91. The fraction of sp³-hybridized carbons (Fsp3) is 0.391. The van der Waals surface area contributed by atoms with Gasteiger partial charge in [-0.05, 0) is 25.0 Å². The summed E-state index contributed by atoms with van der Waals surface area (Å²) in [5, 5.41) is 0. The van der Waals surface area contributed by atoms with E-state index in [4.69, 9.17) is 0 Å². The van der Waals surface area contributed by atoms with Crippen LogP contribution >= 0.6 is 12.4 Å². The van der Waals surface area contributed by atoms with Crippen LogP contribution in [0.5, 0.6) is 0 Å². The molecule has 2 aliphatic rings. The van der Waals surface area contributed by atoms with E-state index in [9.17, 15) is 9.59 Å². The molecule has 4 rings (SSSR count). The smallest absolute Gasteiger partial charge is 0.173 e. The standard InChI is InChI=1S/C23H26N2O2.ClH/c26-22(18-8-3-1-4-9-18)20-12-7-13-21(23(20)27)25-16-14-24(15-17-25)19-10-5-2-6-11-19;/h1-6,8-11,20-21H,7,12-17H2;1H. The number of carbonyl (C=O) groups excluding carboxylic acids is 2. The number of hydrogen-bond donors (Lipinski definition) is 0. The first-order valence-corrected chi connectivity index (χ1v) is 9.91. The Kier molecular flexibility index (Phi) is 6.87. The number of ketones is 2. The summed E-state index contributed by atoms with van der Waals surface area (Å²) in [4.78, 5) is 30.6. The van der Waals surface area contributed by atoms with Gasteiger partial charge in [0.2, 0.25) is 0 Å². The van der Waals surface area contributed by atoms with E-state index in [2.05, 4.69) is 34.1 Å². The van der Waals surface area contributed by atoms with E-state index in [0.29, 0.717) is 12.0 Å². The van der Waals surface area contributed by atoms with Crippen LogP contribution < -0.4 is 4.90 Å². The zero-order valence-corrected chi connectivity index (χ0v) is 16.8. The van der Waals surface area contributed by atoms with Gasteiger partial charge in [0.05, 0.1) is 12.0 Å². The maximum Gasteiger partial charge on any atom is 0.173 e. The molecule has 1 heterocycles. The molecule has 2 unspecified atom stereocenters. The van der Waals surface area contributed by atoms with E-state index in [1.54, 1.807) is 0 Å². The Labute approximate surface area is 172 Å². The maximum absolute atomic E-state index is 13.1. The Hall–Kier alpha value is -2.17. The van der Waals surface area contributed by atoms with Gasteiger partial charge in [-0.25, -0.2) is 0 Å². The first kappa shape index (κ1) is 20.6. The van der Waals surface area contributed by atoms with Crippen molar-refractivity contribution in [1.29, 1.82) is 0 Å². The van der Waals surface area contributed by atoms with E-state index in [1.165, 1.54) is 5.69 Å². The second kappa shape index (κ2) is 9.35. The Morgan fingerprint density at radius 3 is 2.07 bits per heavy atom. The monoisotopic (exact) mass is 398 g/mol. The van der Waals surface area contributed by atoms with Crippen LogP contribution in [-0.4, -0.2) is 48.7 Å². The fourth-order valence-corrected chi connectivity index (χ4v) is 4.39. The highest BCUT2D eigenvalue weighted by molar-refractivity contribution is 6.12. The minimum absolute atomic E-state index is 0. The van der Waals surface area contributed by atoms with Crippen LogP contribution in [-0.2, 0) is 4.79 Å². The lowest BCUT2D eigenvalue weighted by molar-refractivity contribution is -0.129. The molecular weight excluding hydrogens is 372 g/mol. The van der Waals surface area contributed by atoms with E-state index in [0.717, 1.165) is 39.0 Å². The van der Waals surface area contributed by atoms with Crippen molar-refractivity contribution < 1.29 is 9.59 Å². The molecule has 4 nitrogen and oxygen atoms in total. The first-order chi connectivity index (χ1) is 13.2. The molecule has 0 amide bonds. The predicted octanol–water partition coefficient (Wildman–Crippen LogP) is 3.85. The number of anilines is 1. The summed E-state index contributed by atoms with van der Waals surface area (Å²) in [5.74, 6) is -0.352. The van der Waals surface area contributed by atoms with Gasteiger partial charge >= 0.3 is 0 Å². The number of carbonyl (C=O) groups is 2. The highest BCUT2D eigenvalue weighted by Crippen LogP contribution is 2.29. The van der Waals surface area contributed by atoms with Gasteiger partial charge in [0.25, 0.3) is 0 Å². The molecule has 0 bridgehead atoms. The van der Waals surface area contributed by atoms with Crippen molar-refractivity contribution in [2.45, 2.75) is 25.3 Å². The normalized spacial score (nSPS) is 23.1. The summed E-state index contributed by atoms with van der Waals surface area (Å²) >= 11 is 0. The molecule has 0 aromatic heterocycles. The Morgan fingerprint density at radius 2 is 1.43 bits per heavy atom. The number of benzene rings is 2. The highest BCUT2D eigenvalue weighted by atomic mass is 35.5. The lowest BCUT2D eigenvalue weighted by Gasteiger charge is -2.42. The van der Waals surface area contributed by atoms with Gasteiger partial charge < -0.3 is 4.90 Å². The van der Waals surface area contributed by atoms with Gasteiger partial charge in [-0.15, -0.1) is 12.4 Å². The predicted molar refractivity (Wildman–Crippen MR) is 114 cm³/mol. The van der Waals surface area contributed by atoms with Crippen LogP contribution in [0, 0.1) is 5.92 Å². The van der Waals surface area contributed by atoms with Crippen molar-refractivity contribution >= 4 is 29.7 Å². The minimum atomic E-state index is -0.474. The molecule has 0 spiro atoms. The largest absolute Gasteiger partial charge is 0.369 e. The van der Waals surface area contributed by atoms with Crippen LogP contribution in [0.3, 0.4) is 0 Å². The molecule has 1 aliphatic carbocycles. The molecule has 1 saturated heterocycles. The second-order valence-corrected chi connectivity index (χ2v) is 7.49. The molecule has 1 saturated carbocycles. The SMILES string of the molecule is Cl.O=C(c1ccccc1)C1CCCC(N2CCN(c3ccccc3)CC2)C1=O. The number of piperazine rings is 1. The van der Waals surface area contributed by atoms with E-state index < -0.39 is 5.92 Å². The average Bonchev–Trinajstić information content (AvgIpc) is 2.75. The van der Waals surface area contributed by atoms with Crippen LogP contribution in [0.2, 0.25) is 0 Å². The zero-order chi connectivity index (χ0) is 18.6. The van der Waals surface area contributed by atoms with Gasteiger partial charge in [0.15, 0.2) is 11.6 Å². The number of para-hydroxylation sites is 1. The lowest BCUT2D eigenvalue weighted by atomic mass is 9.79. The molecule has 28 heavy (non-hydrogen) atoms. The minimum Gasteiger partial charge on any atom is -0.369 e. The van der Waals surface area contributed by atoms with Gasteiger partial charge in [-0.1, -0.05) is 55.0 Å². The Bertz CT molecular complexity index is 789. The van der Waals surface area contributed by atoms with Crippen LogP contribution in [0.1, 0.15) is 29.6 Å². The number of halogens is 1. The summed E-state index contributed by atoms with van der Waals surface area (Å²) in [7, 11) is 0. The third kappa shape index (κ3) is 4.29. The third-order valence-corrected chi connectivity index (χ3v) is 5.89. The molecule has 2 fully saturated rings. The van der Waals surface area contributed by atoms with E-state index in [-0.39, 0.29) is 30.0 Å². The number of nitrogens with zero attached hydrogens (tertiary/aromatic N) is 2. The zero-order valence-electron chi connectivity index (χ0n) is 16.0. The number of hydrogen-bond acceptors (Lipinski definition) is 4. The molecular formula is C23H27ClN2O2. The topological polar surface area (TPSA) is 40.6 Å². The molecule has 148 valence electrons. The van der Waals surface area contributed by atoms with Gasteiger partial charge in [0, 0.05) is 37.4 Å². The summed E-state index contributed by atoms with van der Waals surface area (Å²) in [6, 6.07) is 19.6. The van der Waals surface area contributed by atoms with Crippen molar-refractivity contribution in [2.24, 2.45) is 5.92 Å². The van der Waals surface area contributed by atoms with Crippen molar-refractivity contribution in [2.75, 3.05) is 31.1 Å². The third-order valence-electron chi connectivity index (χ3n) is 5.89. The molecule has 2 aromatic rings. The van der Waals surface area contributed by atoms with Crippen LogP contribution in [0.15, 0.2) is 60.7 Å². The molecule has 2 atom stereocenters. The second-order valence-electron chi connectivity index (χ2n) is 7.49. The molecule has 2 aromatic carbocycles. The van der Waals surface area contributed by atoms with Crippen LogP contribution in [0.4, 0.5) is 5.69 Å². The van der Waals surface area contributed by atoms with Crippen molar-refractivity contribution in [1.82, 2.24) is 4.90 Å². The van der Waals surface area contributed by atoms with Gasteiger partial charge in [-0.2, -0.15) is 0 Å². The van der Waals surface area contributed by atoms with E-state index >= 15 is 0 Å². The van der Waals surface area contributed by atoms with Gasteiger partial charge in [-0.3, -0.25) is 14.5 Å². The highest BCUT2D eigenvalue weighted by Gasteiger charge is 2.39. The van der Waals surface area contributed by atoms with Crippen LogP contribution in [0.25, 0.3) is 0 Å². The molecule has 0 radical (unpaired) electrons. The number of rotatable bonds is 4. The van der Waals surface area contributed by atoms with Crippen molar-refractivity contribution in [3.05, 3.63) is 66.2 Å². The average molecular weight is 399 g/mol. The van der Waals surface area contributed by atoms with E-state index in [1.807, 2.05) is 36.4 Å². The lowest BCUT2D eigenvalue weighted by Crippen LogP contribution is -2.55. The summed E-state index contributed by atoms with van der Waals surface area (Å²) in [5.41, 5.74) is 1.90. The Balaban J connectivity index is 0.00000225. The summed E-state index contributed by atoms with van der Waals surface area (Å²) in [6.45, 7) is 3.59. The summed E-state index contributed by atoms with van der Waals surface area (Å²) < 4.78 is 0. The molecule has 5 heteroatoms. The quantitative estimate of drug-likeness (QED) is 0.579. The van der Waals surface area contributed by atoms with Crippen molar-refractivity contribution in [3.63, 3.8) is 0 Å².